The highest BCUT2D eigenvalue weighted by atomic mass is 79.9. The summed E-state index contributed by atoms with van der Waals surface area (Å²) >= 11 is 3.33. The van der Waals surface area contributed by atoms with Crippen molar-refractivity contribution in [2.45, 2.75) is 19.4 Å². The van der Waals surface area contributed by atoms with Gasteiger partial charge < -0.3 is 10.4 Å². The Bertz CT molecular complexity index is 551. The van der Waals surface area contributed by atoms with E-state index in [-0.39, 0.29) is 17.6 Å². The van der Waals surface area contributed by atoms with Crippen LogP contribution in [0.25, 0.3) is 0 Å². The van der Waals surface area contributed by atoms with Gasteiger partial charge in [-0.2, -0.15) is 0 Å². The van der Waals surface area contributed by atoms with E-state index in [1.165, 1.54) is 6.07 Å². The van der Waals surface area contributed by atoms with Crippen LogP contribution in [0, 0.1) is 5.82 Å². The molecule has 0 radical (unpaired) electrons. The van der Waals surface area contributed by atoms with Gasteiger partial charge in [-0.15, -0.1) is 0 Å². The maximum Gasteiger partial charge on any atom is 0.124 e. The second-order valence-electron chi connectivity index (χ2n) is 4.68. The first-order valence-corrected chi connectivity index (χ1v) is 7.35. The topological polar surface area (TPSA) is 32.3 Å². The zero-order valence-corrected chi connectivity index (χ0v) is 12.8. The van der Waals surface area contributed by atoms with Gasteiger partial charge in [-0.05, 0) is 54.4 Å². The van der Waals surface area contributed by atoms with Crippen LogP contribution in [0.3, 0.4) is 0 Å². The van der Waals surface area contributed by atoms with Gasteiger partial charge >= 0.3 is 0 Å². The van der Waals surface area contributed by atoms with Crippen LogP contribution in [0.4, 0.5) is 4.39 Å². The van der Waals surface area contributed by atoms with Gasteiger partial charge in [0.2, 0.25) is 0 Å². The molecular weight excluding hydrogens is 321 g/mol. The van der Waals surface area contributed by atoms with Crippen molar-refractivity contribution in [1.82, 2.24) is 5.32 Å². The van der Waals surface area contributed by atoms with Crippen LogP contribution >= 0.6 is 15.9 Å². The van der Waals surface area contributed by atoms with Crippen LogP contribution in [0.1, 0.15) is 24.1 Å². The normalized spacial score (nSPS) is 12.3. The van der Waals surface area contributed by atoms with Gasteiger partial charge in [0.05, 0.1) is 0 Å². The standard InChI is InChI=1S/C16H17BrFNO/c1-2-19-16(7-11-3-5-15(20)6-4-11)12-8-13(17)10-14(18)9-12/h3-6,8-10,16,19-20H,2,7H2,1H3. The van der Waals surface area contributed by atoms with Gasteiger partial charge in [0.1, 0.15) is 11.6 Å². The summed E-state index contributed by atoms with van der Waals surface area (Å²) in [5, 5.41) is 12.7. The third-order valence-corrected chi connectivity index (χ3v) is 3.57. The Morgan fingerprint density at radius 3 is 2.50 bits per heavy atom. The van der Waals surface area contributed by atoms with E-state index in [1.807, 2.05) is 25.1 Å². The molecule has 0 aliphatic carbocycles. The quantitative estimate of drug-likeness (QED) is 0.857. The van der Waals surface area contributed by atoms with Gasteiger partial charge in [0.25, 0.3) is 0 Å². The number of rotatable bonds is 5. The van der Waals surface area contributed by atoms with Gasteiger partial charge in [-0.3, -0.25) is 0 Å². The first kappa shape index (κ1) is 15.0. The maximum atomic E-state index is 13.5. The lowest BCUT2D eigenvalue weighted by Gasteiger charge is -2.19. The van der Waals surface area contributed by atoms with Gasteiger partial charge in [-0.25, -0.2) is 4.39 Å². The fraction of sp³-hybridized carbons (Fsp3) is 0.250. The zero-order valence-electron chi connectivity index (χ0n) is 11.2. The Hall–Kier alpha value is -1.39. The summed E-state index contributed by atoms with van der Waals surface area (Å²) in [5.74, 6) is 0.00485. The third-order valence-electron chi connectivity index (χ3n) is 3.11. The largest absolute Gasteiger partial charge is 0.508 e. The van der Waals surface area contributed by atoms with Gasteiger partial charge in [-0.1, -0.05) is 35.0 Å². The molecule has 0 aromatic heterocycles. The van der Waals surface area contributed by atoms with Crippen LogP contribution < -0.4 is 5.32 Å². The summed E-state index contributed by atoms with van der Waals surface area (Å²) in [5.41, 5.74) is 2.00. The fourth-order valence-electron chi connectivity index (χ4n) is 2.20. The van der Waals surface area contributed by atoms with E-state index in [1.54, 1.807) is 18.2 Å². The smallest absolute Gasteiger partial charge is 0.124 e. The minimum absolute atomic E-state index is 0.0385. The zero-order chi connectivity index (χ0) is 14.5. The second kappa shape index (κ2) is 6.86. The summed E-state index contributed by atoms with van der Waals surface area (Å²) in [7, 11) is 0. The lowest BCUT2D eigenvalue weighted by Crippen LogP contribution is -2.23. The van der Waals surface area contributed by atoms with Crippen molar-refractivity contribution in [2.24, 2.45) is 0 Å². The molecule has 0 saturated heterocycles. The molecule has 0 spiro atoms. The average molecular weight is 338 g/mol. The fourth-order valence-corrected chi connectivity index (χ4v) is 2.68. The molecule has 20 heavy (non-hydrogen) atoms. The Labute approximate surface area is 126 Å². The number of halogens is 2. The highest BCUT2D eigenvalue weighted by Crippen LogP contribution is 2.24. The van der Waals surface area contributed by atoms with Crippen LogP contribution in [0.15, 0.2) is 46.9 Å². The Balaban J connectivity index is 2.23. The Morgan fingerprint density at radius 2 is 1.90 bits per heavy atom. The van der Waals surface area contributed by atoms with E-state index in [0.29, 0.717) is 0 Å². The van der Waals surface area contributed by atoms with E-state index in [4.69, 9.17) is 0 Å². The number of phenols is 1. The molecule has 1 atom stereocenters. The third kappa shape index (κ3) is 4.05. The number of likely N-dealkylation sites (N-methyl/N-ethyl adjacent to an activating group) is 1. The summed E-state index contributed by atoms with van der Waals surface area (Å²) in [6, 6.07) is 12.1. The van der Waals surface area contributed by atoms with Crippen molar-refractivity contribution >= 4 is 15.9 Å². The van der Waals surface area contributed by atoms with Crippen molar-refractivity contribution in [3.8, 4) is 5.75 Å². The Kier molecular flexibility index (Phi) is 5.15. The summed E-state index contributed by atoms with van der Waals surface area (Å²) in [4.78, 5) is 0. The van der Waals surface area contributed by atoms with Crippen molar-refractivity contribution in [3.05, 3.63) is 63.9 Å². The number of phenolic OH excluding ortho intramolecular Hbond substituents is 1. The molecule has 2 nitrogen and oxygen atoms in total. The molecule has 2 rings (SSSR count). The minimum Gasteiger partial charge on any atom is -0.508 e. The first-order valence-electron chi connectivity index (χ1n) is 6.55. The molecule has 0 amide bonds. The number of benzene rings is 2. The van der Waals surface area contributed by atoms with Crippen LogP contribution in [0.2, 0.25) is 0 Å². The predicted octanol–water partition coefficient (Wildman–Crippen LogP) is 4.19. The lowest BCUT2D eigenvalue weighted by molar-refractivity contribution is 0.474. The second-order valence-corrected chi connectivity index (χ2v) is 5.60. The van der Waals surface area contributed by atoms with E-state index in [2.05, 4.69) is 21.2 Å². The molecule has 0 bridgehead atoms. The summed E-state index contributed by atoms with van der Waals surface area (Å²) in [6.07, 6.45) is 0.740. The minimum atomic E-state index is -0.247. The summed E-state index contributed by atoms with van der Waals surface area (Å²) in [6.45, 7) is 2.83. The van der Waals surface area contributed by atoms with E-state index in [0.717, 1.165) is 28.6 Å². The molecule has 106 valence electrons. The molecule has 4 heteroatoms. The van der Waals surface area contributed by atoms with Crippen molar-refractivity contribution in [2.75, 3.05) is 6.54 Å². The molecule has 0 aliphatic heterocycles. The number of hydrogen-bond donors (Lipinski definition) is 2. The molecule has 0 heterocycles. The molecule has 1 unspecified atom stereocenters. The molecule has 2 N–H and O–H groups in total. The van der Waals surface area contributed by atoms with Crippen LogP contribution in [-0.2, 0) is 6.42 Å². The highest BCUT2D eigenvalue weighted by molar-refractivity contribution is 9.10. The van der Waals surface area contributed by atoms with Crippen LogP contribution in [-0.4, -0.2) is 11.7 Å². The van der Waals surface area contributed by atoms with Gasteiger partial charge in [0.15, 0.2) is 0 Å². The predicted molar refractivity (Wildman–Crippen MR) is 82.3 cm³/mol. The molecule has 2 aromatic carbocycles. The van der Waals surface area contributed by atoms with Crippen LogP contribution in [0.5, 0.6) is 5.75 Å². The molecule has 0 saturated carbocycles. The van der Waals surface area contributed by atoms with Crippen molar-refractivity contribution < 1.29 is 9.50 Å². The number of aromatic hydroxyl groups is 1. The SMILES string of the molecule is CCNC(Cc1ccc(O)cc1)c1cc(F)cc(Br)c1. The van der Waals surface area contributed by atoms with Gasteiger partial charge in [0, 0.05) is 10.5 Å². The van der Waals surface area contributed by atoms with Crippen molar-refractivity contribution in [1.29, 1.82) is 0 Å². The molecule has 0 fully saturated rings. The number of nitrogens with one attached hydrogen (secondary N) is 1. The summed E-state index contributed by atoms with van der Waals surface area (Å²) < 4.78 is 14.3. The molecule has 2 aromatic rings. The van der Waals surface area contributed by atoms with Crippen molar-refractivity contribution in [3.63, 3.8) is 0 Å². The number of hydrogen-bond acceptors (Lipinski definition) is 2. The lowest BCUT2D eigenvalue weighted by atomic mass is 9.98. The monoisotopic (exact) mass is 337 g/mol. The average Bonchev–Trinajstić information content (AvgIpc) is 2.39. The van der Waals surface area contributed by atoms with E-state index >= 15 is 0 Å². The van der Waals surface area contributed by atoms with E-state index in [9.17, 15) is 9.50 Å². The molecule has 0 aliphatic rings. The highest BCUT2D eigenvalue weighted by Gasteiger charge is 2.13. The van der Waals surface area contributed by atoms with E-state index < -0.39 is 0 Å². The Morgan fingerprint density at radius 1 is 1.20 bits per heavy atom. The molecular formula is C16H17BrFNO. The first-order chi connectivity index (χ1) is 9.58. The maximum absolute atomic E-state index is 13.5.